The van der Waals surface area contributed by atoms with Crippen molar-refractivity contribution in [1.29, 1.82) is 0 Å². The Morgan fingerprint density at radius 3 is 2.50 bits per heavy atom. The van der Waals surface area contributed by atoms with Gasteiger partial charge >= 0.3 is 11.9 Å². The van der Waals surface area contributed by atoms with E-state index in [4.69, 9.17) is 9.47 Å². The lowest BCUT2D eigenvalue weighted by Gasteiger charge is -2.49. The van der Waals surface area contributed by atoms with Crippen molar-refractivity contribution in [3.8, 4) is 5.75 Å². The van der Waals surface area contributed by atoms with Gasteiger partial charge in [0.15, 0.2) is 0 Å². The highest BCUT2D eigenvalue weighted by Crippen LogP contribution is 2.40. The van der Waals surface area contributed by atoms with Gasteiger partial charge in [-0.3, -0.25) is 19.3 Å². The van der Waals surface area contributed by atoms with E-state index in [2.05, 4.69) is 5.32 Å². The predicted octanol–water partition coefficient (Wildman–Crippen LogP) is 4.01. The minimum Gasteiger partial charge on any atom is -0.456 e. The van der Waals surface area contributed by atoms with Crippen LogP contribution in [0.15, 0.2) is 72.1 Å². The number of carbonyl (C=O) groups is 4. The Hall–Kier alpha value is -4.05. The molecule has 0 bridgehead atoms. The number of fused-ring (bicyclic) bond motifs is 2. The number of hydrogen-bond acceptors (Lipinski definition) is 7. The third-order valence-electron chi connectivity index (χ3n) is 6.78. The summed E-state index contributed by atoms with van der Waals surface area (Å²) in [5.74, 6) is -0.591. The van der Waals surface area contributed by atoms with Gasteiger partial charge in [0.1, 0.15) is 36.0 Å². The van der Waals surface area contributed by atoms with Crippen LogP contribution in [0.4, 0.5) is 0 Å². The molecule has 0 spiro atoms. The molecule has 2 amide bonds. The summed E-state index contributed by atoms with van der Waals surface area (Å²) in [6.07, 6.45) is 1.85. The summed E-state index contributed by atoms with van der Waals surface area (Å²) >= 11 is 1.51. The van der Waals surface area contributed by atoms with Gasteiger partial charge in [0, 0.05) is 17.5 Å². The van der Waals surface area contributed by atoms with Gasteiger partial charge in [-0.2, -0.15) is 0 Å². The monoisotopic (exact) mass is 561 g/mol. The molecule has 9 nitrogen and oxygen atoms in total. The topological polar surface area (TPSA) is 107 Å². The molecule has 2 atom stereocenters. The molecule has 2 aliphatic rings. The zero-order valence-electron chi connectivity index (χ0n) is 22.8. The third-order valence-corrected chi connectivity index (χ3v) is 8.20. The molecule has 1 saturated heterocycles. The number of benzene rings is 2. The van der Waals surface area contributed by atoms with Crippen LogP contribution in [0.2, 0.25) is 0 Å². The lowest BCUT2D eigenvalue weighted by atomic mass is 9.97. The number of nitrogens with zero attached hydrogens (tertiary/aromatic N) is 2. The van der Waals surface area contributed by atoms with Crippen LogP contribution in [0.5, 0.6) is 5.75 Å². The van der Waals surface area contributed by atoms with Gasteiger partial charge in [-0.05, 0) is 68.5 Å². The Bertz CT molecular complexity index is 1520. The molecular weight excluding hydrogens is 530 g/mol. The lowest BCUT2D eigenvalue weighted by molar-refractivity contribution is -0.153. The Balaban J connectivity index is 1.17. The average molecular weight is 562 g/mol. The first-order valence-corrected chi connectivity index (χ1v) is 14.0. The van der Waals surface area contributed by atoms with Gasteiger partial charge in [0.05, 0.1) is 5.41 Å². The van der Waals surface area contributed by atoms with E-state index in [0.717, 1.165) is 16.5 Å². The lowest BCUT2D eigenvalue weighted by Crippen LogP contribution is -2.70. The van der Waals surface area contributed by atoms with E-state index in [0.29, 0.717) is 17.1 Å². The predicted molar refractivity (Wildman–Crippen MR) is 151 cm³/mol. The van der Waals surface area contributed by atoms with Gasteiger partial charge in [-0.15, -0.1) is 11.8 Å². The van der Waals surface area contributed by atoms with Crippen molar-refractivity contribution in [2.45, 2.75) is 52.3 Å². The molecule has 0 radical (unpaired) electrons. The summed E-state index contributed by atoms with van der Waals surface area (Å²) in [4.78, 5) is 52.5. The number of carbonyl (C=O) groups excluding carboxylic acids is 4. The number of esters is 2. The fraction of sp³-hybridized carbons (Fsp3) is 0.333. The van der Waals surface area contributed by atoms with Crippen molar-refractivity contribution < 1.29 is 28.7 Å². The van der Waals surface area contributed by atoms with E-state index in [1.54, 1.807) is 52.0 Å². The Morgan fingerprint density at radius 1 is 1.05 bits per heavy atom. The second kappa shape index (κ2) is 10.8. The molecule has 10 heteroatoms. The van der Waals surface area contributed by atoms with E-state index in [-0.39, 0.29) is 42.0 Å². The van der Waals surface area contributed by atoms with Crippen LogP contribution in [0.1, 0.15) is 33.3 Å². The van der Waals surface area contributed by atoms with E-state index >= 15 is 0 Å². The molecule has 0 saturated carbocycles. The second-order valence-corrected chi connectivity index (χ2v) is 12.1. The van der Waals surface area contributed by atoms with E-state index < -0.39 is 17.4 Å². The molecule has 3 heterocycles. The smallest absolute Gasteiger partial charge is 0.355 e. The minimum absolute atomic E-state index is 0.00601. The molecule has 5 rings (SSSR count). The van der Waals surface area contributed by atoms with E-state index in [1.165, 1.54) is 16.7 Å². The summed E-state index contributed by atoms with van der Waals surface area (Å²) in [5, 5.41) is 3.51. The van der Waals surface area contributed by atoms with Crippen molar-refractivity contribution in [3.63, 3.8) is 0 Å². The summed E-state index contributed by atoms with van der Waals surface area (Å²) in [7, 11) is 0. The molecule has 1 fully saturated rings. The molecule has 40 heavy (non-hydrogen) atoms. The van der Waals surface area contributed by atoms with Crippen molar-refractivity contribution in [2.24, 2.45) is 5.41 Å². The highest BCUT2D eigenvalue weighted by Gasteiger charge is 2.54. The summed E-state index contributed by atoms with van der Waals surface area (Å²) < 4.78 is 12.8. The first-order chi connectivity index (χ1) is 19.0. The fourth-order valence-corrected chi connectivity index (χ4v) is 5.84. The molecule has 1 aromatic heterocycles. The highest BCUT2D eigenvalue weighted by atomic mass is 32.2. The average Bonchev–Trinajstić information content (AvgIpc) is 3.33. The Morgan fingerprint density at radius 2 is 1.77 bits per heavy atom. The Labute approximate surface area is 236 Å². The van der Waals surface area contributed by atoms with Gasteiger partial charge < -0.3 is 19.4 Å². The van der Waals surface area contributed by atoms with Gasteiger partial charge in [0.2, 0.25) is 5.91 Å². The third kappa shape index (κ3) is 5.49. The van der Waals surface area contributed by atoms with Crippen LogP contribution < -0.4 is 10.1 Å². The molecule has 2 aliphatic heterocycles. The standard InChI is InChI=1S/C30H31N3O6S/c1-18-17-40-27-24(31-23(34)15-32-14-13-20-7-5-6-8-22(20)32)26(35)33(27)25(18)28(36)38-16-19-9-11-21(12-10-19)39-29(37)30(2,3)4/h5-14,24,27H,15-17H2,1-4H3,(H,31,34). The van der Waals surface area contributed by atoms with Crippen LogP contribution in [-0.4, -0.2) is 50.4 Å². The number of β-lactam (4-membered cyclic amide) rings is 1. The number of nitrogens with one attached hydrogen (secondary N) is 1. The number of ether oxygens (including phenoxy) is 2. The number of amides is 2. The zero-order chi connectivity index (χ0) is 28.6. The number of aromatic nitrogens is 1. The highest BCUT2D eigenvalue weighted by molar-refractivity contribution is 8.00. The maximum atomic E-state index is 13.1. The van der Waals surface area contributed by atoms with Gasteiger partial charge in [-0.25, -0.2) is 4.79 Å². The van der Waals surface area contributed by atoms with Crippen LogP contribution >= 0.6 is 11.8 Å². The molecule has 2 aromatic carbocycles. The van der Waals surface area contributed by atoms with Crippen molar-refractivity contribution in [2.75, 3.05) is 5.75 Å². The minimum atomic E-state index is -0.710. The maximum absolute atomic E-state index is 13.1. The normalized spacial score (nSPS) is 18.7. The number of hydrogen-bond donors (Lipinski definition) is 1. The zero-order valence-corrected chi connectivity index (χ0v) is 23.6. The number of thioether (sulfide) groups is 1. The summed E-state index contributed by atoms with van der Waals surface area (Å²) in [6.45, 7) is 7.21. The van der Waals surface area contributed by atoms with Crippen molar-refractivity contribution in [3.05, 3.63) is 77.6 Å². The van der Waals surface area contributed by atoms with E-state index in [1.807, 2.05) is 41.1 Å². The van der Waals surface area contributed by atoms with Crippen LogP contribution in [0.3, 0.4) is 0 Å². The van der Waals surface area contributed by atoms with Crippen LogP contribution in [-0.2, 0) is 37.1 Å². The molecule has 2 unspecified atom stereocenters. The van der Waals surface area contributed by atoms with Crippen LogP contribution in [0, 0.1) is 5.41 Å². The first kappa shape index (κ1) is 27.5. The van der Waals surface area contributed by atoms with E-state index in [9.17, 15) is 19.2 Å². The van der Waals surface area contributed by atoms with Gasteiger partial charge in [0.25, 0.3) is 5.91 Å². The van der Waals surface area contributed by atoms with Crippen molar-refractivity contribution >= 4 is 46.4 Å². The molecule has 1 N–H and O–H groups in total. The SMILES string of the molecule is CC1=C(C(=O)OCc2ccc(OC(=O)C(C)(C)C)cc2)N2C(=O)C(NC(=O)Cn3ccc4ccccc43)C2SC1. The molecule has 3 aromatic rings. The fourth-order valence-electron chi connectivity index (χ4n) is 4.55. The molecule has 208 valence electrons. The number of rotatable bonds is 7. The second-order valence-electron chi connectivity index (χ2n) is 10.9. The summed E-state index contributed by atoms with van der Waals surface area (Å²) in [6, 6.07) is 15.7. The van der Waals surface area contributed by atoms with Crippen molar-refractivity contribution in [1.82, 2.24) is 14.8 Å². The molecule has 0 aliphatic carbocycles. The maximum Gasteiger partial charge on any atom is 0.355 e. The Kier molecular flexibility index (Phi) is 7.46. The first-order valence-electron chi connectivity index (χ1n) is 13.0. The van der Waals surface area contributed by atoms with Crippen LogP contribution in [0.25, 0.3) is 10.9 Å². The number of para-hydroxylation sites is 1. The van der Waals surface area contributed by atoms with Gasteiger partial charge in [-0.1, -0.05) is 30.3 Å². The molecular formula is C30H31N3O6S. The largest absolute Gasteiger partial charge is 0.456 e. The summed E-state index contributed by atoms with van der Waals surface area (Å²) in [5.41, 5.74) is 2.00. The quantitative estimate of drug-likeness (QED) is 0.264.